The average Bonchev–Trinajstić information content (AvgIpc) is 3.12. The summed E-state index contributed by atoms with van der Waals surface area (Å²) in [5.41, 5.74) is 3.64. The number of ketones is 2. The molecule has 30 heavy (non-hydrogen) atoms. The number of carbonyl (C=O) groups excluding carboxylic acids is 2. The van der Waals surface area contributed by atoms with Gasteiger partial charge in [-0.15, -0.1) is 0 Å². The number of fused-ring (bicyclic) bond motifs is 1. The molecule has 0 bridgehead atoms. The summed E-state index contributed by atoms with van der Waals surface area (Å²) >= 11 is 0. The summed E-state index contributed by atoms with van der Waals surface area (Å²) in [6.07, 6.45) is 3.53. The Morgan fingerprint density at radius 2 is 1.73 bits per heavy atom. The Hall–Kier alpha value is -3.86. The van der Waals surface area contributed by atoms with E-state index in [4.69, 9.17) is 4.74 Å². The van der Waals surface area contributed by atoms with Crippen molar-refractivity contribution in [1.82, 2.24) is 4.40 Å². The van der Waals surface area contributed by atoms with E-state index in [9.17, 15) is 14.7 Å². The largest absolute Gasteiger partial charge is 0.507 e. The molecule has 2 aromatic heterocycles. The molecule has 2 aromatic carbocycles. The van der Waals surface area contributed by atoms with E-state index in [1.807, 2.05) is 49.5 Å². The predicted octanol–water partition coefficient (Wildman–Crippen LogP) is 4.97. The van der Waals surface area contributed by atoms with Gasteiger partial charge in [-0.2, -0.15) is 0 Å². The number of hydrogen-bond acceptors (Lipinski definition) is 4. The first-order valence-electron chi connectivity index (χ1n) is 9.60. The van der Waals surface area contributed by atoms with E-state index in [0.29, 0.717) is 23.5 Å². The van der Waals surface area contributed by atoms with Gasteiger partial charge in [-0.25, -0.2) is 0 Å². The van der Waals surface area contributed by atoms with Gasteiger partial charge in [0, 0.05) is 23.5 Å². The molecule has 0 fully saturated rings. The van der Waals surface area contributed by atoms with Gasteiger partial charge < -0.3 is 14.2 Å². The lowest BCUT2D eigenvalue weighted by molar-refractivity contribution is 0.101. The Balaban J connectivity index is 1.68. The Bertz CT molecular complexity index is 1260. The van der Waals surface area contributed by atoms with Crippen LogP contribution in [0.2, 0.25) is 0 Å². The van der Waals surface area contributed by atoms with Crippen LogP contribution in [0.5, 0.6) is 11.5 Å². The molecule has 0 aliphatic heterocycles. The number of Topliss-reactive ketones (excluding diaryl/α,β-unsaturated/α-hetero) is 1. The van der Waals surface area contributed by atoms with Crippen molar-refractivity contribution in [3.05, 3.63) is 101 Å². The van der Waals surface area contributed by atoms with Crippen LogP contribution in [-0.4, -0.2) is 21.1 Å². The molecule has 5 heteroatoms. The molecule has 0 saturated heterocycles. The van der Waals surface area contributed by atoms with Gasteiger partial charge in [-0.1, -0.05) is 30.3 Å². The van der Waals surface area contributed by atoms with Gasteiger partial charge in [0.15, 0.2) is 11.6 Å². The first kappa shape index (κ1) is 19.5. The molecule has 0 aliphatic carbocycles. The van der Waals surface area contributed by atoms with Gasteiger partial charge in [-0.05, 0) is 55.3 Å². The lowest BCUT2D eigenvalue weighted by atomic mass is 10.0. The van der Waals surface area contributed by atoms with Crippen molar-refractivity contribution in [1.29, 1.82) is 0 Å². The van der Waals surface area contributed by atoms with Crippen molar-refractivity contribution in [2.45, 2.75) is 20.5 Å². The fourth-order valence-corrected chi connectivity index (χ4v) is 3.45. The third kappa shape index (κ3) is 3.82. The predicted molar refractivity (Wildman–Crippen MR) is 114 cm³/mol. The van der Waals surface area contributed by atoms with E-state index >= 15 is 0 Å². The highest BCUT2D eigenvalue weighted by atomic mass is 16.5. The highest BCUT2D eigenvalue weighted by Crippen LogP contribution is 2.27. The fraction of sp³-hybridized carbons (Fsp3) is 0.120. The molecule has 0 radical (unpaired) electrons. The van der Waals surface area contributed by atoms with Crippen LogP contribution in [0.25, 0.3) is 5.52 Å². The van der Waals surface area contributed by atoms with Crippen LogP contribution in [0.4, 0.5) is 0 Å². The maximum Gasteiger partial charge on any atom is 0.198 e. The van der Waals surface area contributed by atoms with Gasteiger partial charge in [0.05, 0.1) is 11.1 Å². The van der Waals surface area contributed by atoms with E-state index in [2.05, 4.69) is 0 Å². The zero-order chi connectivity index (χ0) is 21.3. The number of aryl methyl sites for hydroxylation is 1. The van der Waals surface area contributed by atoms with Gasteiger partial charge in [-0.3, -0.25) is 9.59 Å². The van der Waals surface area contributed by atoms with Crippen LogP contribution in [0.15, 0.2) is 73.1 Å². The molecule has 0 spiro atoms. The van der Waals surface area contributed by atoms with Crippen molar-refractivity contribution in [3.8, 4) is 11.5 Å². The van der Waals surface area contributed by atoms with E-state index in [1.165, 1.54) is 19.1 Å². The number of ether oxygens (including phenoxy) is 1. The molecular formula is C25H21NO4. The van der Waals surface area contributed by atoms with Crippen LogP contribution in [0.1, 0.15) is 44.3 Å². The van der Waals surface area contributed by atoms with Gasteiger partial charge in [0.25, 0.3) is 0 Å². The third-order valence-electron chi connectivity index (χ3n) is 4.94. The molecule has 4 rings (SSSR count). The number of phenols is 1. The molecule has 4 aromatic rings. The number of nitrogens with zero attached hydrogens (tertiary/aromatic N) is 1. The second-order valence-corrected chi connectivity index (χ2v) is 7.29. The summed E-state index contributed by atoms with van der Waals surface area (Å²) in [6.45, 7) is 3.75. The molecule has 0 aliphatic rings. The highest BCUT2D eigenvalue weighted by molar-refractivity contribution is 6.12. The standard InChI is InChI=1S/C25H21NO4/c1-16-10-23-21(17(2)27)11-19(14-26(23)13-16)25(29)22-12-20(8-9-24(22)28)30-15-18-6-4-3-5-7-18/h3-14,28H,15H2,1-2H3. The topological polar surface area (TPSA) is 68.0 Å². The van der Waals surface area contributed by atoms with Crippen LogP contribution < -0.4 is 4.74 Å². The van der Waals surface area contributed by atoms with Crippen molar-refractivity contribution in [2.75, 3.05) is 0 Å². The summed E-state index contributed by atoms with van der Waals surface area (Å²) in [5.74, 6) is -0.171. The molecule has 150 valence electrons. The number of benzene rings is 2. The summed E-state index contributed by atoms with van der Waals surface area (Å²) in [6, 6.07) is 17.8. The Kier molecular flexibility index (Phi) is 5.11. The van der Waals surface area contributed by atoms with Crippen LogP contribution in [0, 0.1) is 6.92 Å². The third-order valence-corrected chi connectivity index (χ3v) is 4.94. The second-order valence-electron chi connectivity index (χ2n) is 7.29. The van der Waals surface area contributed by atoms with Gasteiger partial charge in [0.1, 0.15) is 18.1 Å². The van der Waals surface area contributed by atoms with Crippen molar-refractivity contribution < 1.29 is 19.4 Å². The van der Waals surface area contributed by atoms with Crippen LogP contribution >= 0.6 is 0 Å². The fourth-order valence-electron chi connectivity index (χ4n) is 3.45. The van der Waals surface area contributed by atoms with E-state index < -0.39 is 0 Å². The summed E-state index contributed by atoms with van der Waals surface area (Å²) < 4.78 is 7.56. The first-order valence-corrected chi connectivity index (χ1v) is 9.60. The number of carbonyl (C=O) groups is 2. The second kappa shape index (κ2) is 7.87. The maximum atomic E-state index is 13.2. The minimum absolute atomic E-state index is 0.123. The number of phenolic OH excluding ortho intramolecular Hbond substituents is 1. The number of aromatic nitrogens is 1. The highest BCUT2D eigenvalue weighted by Gasteiger charge is 2.18. The Morgan fingerprint density at radius 3 is 2.47 bits per heavy atom. The molecule has 2 heterocycles. The van der Waals surface area contributed by atoms with E-state index in [-0.39, 0.29) is 22.9 Å². The molecule has 5 nitrogen and oxygen atoms in total. The lowest BCUT2D eigenvalue weighted by Crippen LogP contribution is -2.07. The number of hydrogen-bond donors (Lipinski definition) is 1. The molecule has 0 unspecified atom stereocenters. The summed E-state index contributed by atoms with van der Waals surface area (Å²) in [7, 11) is 0. The van der Waals surface area contributed by atoms with Crippen molar-refractivity contribution in [2.24, 2.45) is 0 Å². The number of aromatic hydroxyl groups is 1. The quantitative estimate of drug-likeness (QED) is 0.465. The Morgan fingerprint density at radius 1 is 0.967 bits per heavy atom. The van der Waals surface area contributed by atoms with E-state index in [0.717, 1.165) is 16.6 Å². The molecule has 0 saturated carbocycles. The monoisotopic (exact) mass is 399 g/mol. The molecule has 1 N–H and O–H groups in total. The lowest BCUT2D eigenvalue weighted by Gasteiger charge is -2.11. The smallest absolute Gasteiger partial charge is 0.198 e. The number of pyridine rings is 1. The van der Waals surface area contributed by atoms with Crippen molar-refractivity contribution >= 4 is 17.1 Å². The van der Waals surface area contributed by atoms with Crippen LogP contribution in [0.3, 0.4) is 0 Å². The molecule has 0 atom stereocenters. The summed E-state index contributed by atoms with van der Waals surface area (Å²) in [4.78, 5) is 25.3. The zero-order valence-corrected chi connectivity index (χ0v) is 16.8. The van der Waals surface area contributed by atoms with Crippen molar-refractivity contribution in [3.63, 3.8) is 0 Å². The van der Waals surface area contributed by atoms with Crippen LogP contribution in [-0.2, 0) is 6.61 Å². The minimum atomic E-state index is -0.381. The Labute approximate surface area is 174 Å². The van der Waals surface area contributed by atoms with Gasteiger partial charge >= 0.3 is 0 Å². The minimum Gasteiger partial charge on any atom is -0.507 e. The average molecular weight is 399 g/mol. The normalized spacial score (nSPS) is 10.9. The maximum absolute atomic E-state index is 13.2. The summed E-state index contributed by atoms with van der Waals surface area (Å²) in [5, 5.41) is 10.3. The number of rotatable bonds is 6. The SMILES string of the molecule is CC(=O)c1cc(C(=O)c2cc(OCc3ccccc3)ccc2O)cn2cc(C)cc12. The first-order chi connectivity index (χ1) is 14.4. The molecule has 0 amide bonds. The van der Waals surface area contributed by atoms with E-state index in [1.54, 1.807) is 22.7 Å². The van der Waals surface area contributed by atoms with Gasteiger partial charge in [0.2, 0.25) is 0 Å². The zero-order valence-electron chi connectivity index (χ0n) is 16.8. The molecular weight excluding hydrogens is 378 g/mol.